The summed E-state index contributed by atoms with van der Waals surface area (Å²) in [4.78, 5) is 0. The van der Waals surface area contributed by atoms with Gasteiger partial charge in [0, 0.05) is 30.3 Å². The molecule has 1 saturated carbocycles. The van der Waals surface area contributed by atoms with E-state index in [-0.39, 0.29) is 0 Å². The van der Waals surface area contributed by atoms with E-state index in [0.717, 1.165) is 13.1 Å². The molecule has 2 rings (SSSR count). The molecule has 0 N–H and O–H groups in total. The van der Waals surface area contributed by atoms with Crippen LogP contribution in [0.5, 0.6) is 0 Å². The number of hydrogen-bond donors (Lipinski definition) is 0. The van der Waals surface area contributed by atoms with Crippen LogP contribution < -0.4 is 0 Å². The molecule has 0 spiro atoms. The first-order valence-corrected chi connectivity index (χ1v) is 6.50. The summed E-state index contributed by atoms with van der Waals surface area (Å²) in [5.41, 5.74) is 1.46. The summed E-state index contributed by atoms with van der Waals surface area (Å²) in [6.07, 6.45) is 6.64. The van der Waals surface area contributed by atoms with Crippen LogP contribution in [0.25, 0.3) is 0 Å². The molecule has 13 heavy (non-hydrogen) atoms. The van der Waals surface area contributed by atoms with Crippen molar-refractivity contribution in [1.82, 2.24) is 5.01 Å². The van der Waals surface area contributed by atoms with E-state index >= 15 is 0 Å². The fourth-order valence-corrected chi connectivity index (χ4v) is 2.80. The van der Waals surface area contributed by atoms with Gasteiger partial charge in [0.05, 0.1) is 0 Å². The highest BCUT2D eigenvalue weighted by Gasteiger charge is 2.11. The molecule has 1 heterocycles. The van der Waals surface area contributed by atoms with Crippen LogP contribution >= 0.6 is 11.8 Å². The van der Waals surface area contributed by atoms with Gasteiger partial charge in [0.25, 0.3) is 0 Å². The van der Waals surface area contributed by atoms with Crippen LogP contribution in [0.15, 0.2) is 5.10 Å². The number of hydrazone groups is 1. The molecule has 3 heteroatoms. The van der Waals surface area contributed by atoms with Crippen LogP contribution in [0.2, 0.25) is 0 Å². The molecule has 2 aliphatic rings. The number of thioether (sulfide) groups is 1. The highest BCUT2D eigenvalue weighted by atomic mass is 32.2. The van der Waals surface area contributed by atoms with Crippen molar-refractivity contribution < 1.29 is 0 Å². The Morgan fingerprint density at radius 2 is 1.69 bits per heavy atom. The number of hydrogen-bond acceptors (Lipinski definition) is 3. The van der Waals surface area contributed by atoms with Crippen LogP contribution in [-0.4, -0.2) is 35.3 Å². The summed E-state index contributed by atoms with van der Waals surface area (Å²) in [5.74, 6) is 2.52. The van der Waals surface area contributed by atoms with Crippen LogP contribution in [0, 0.1) is 0 Å². The molecular weight excluding hydrogens is 180 g/mol. The predicted octanol–water partition coefficient (Wildman–Crippen LogP) is 2.36. The monoisotopic (exact) mass is 198 g/mol. The molecule has 74 valence electrons. The van der Waals surface area contributed by atoms with Crippen molar-refractivity contribution in [3.05, 3.63) is 0 Å². The first kappa shape index (κ1) is 9.38. The van der Waals surface area contributed by atoms with Gasteiger partial charge in [0.15, 0.2) is 0 Å². The molecule has 0 amide bonds. The first-order valence-electron chi connectivity index (χ1n) is 5.34. The summed E-state index contributed by atoms with van der Waals surface area (Å²) in [7, 11) is 0. The largest absolute Gasteiger partial charge is 0.295 e. The van der Waals surface area contributed by atoms with Gasteiger partial charge in [-0.25, -0.2) is 0 Å². The quantitative estimate of drug-likeness (QED) is 0.643. The third-order valence-electron chi connectivity index (χ3n) is 2.70. The Labute approximate surface area is 84.8 Å². The van der Waals surface area contributed by atoms with Crippen molar-refractivity contribution in [2.45, 2.75) is 32.1 Å². The summed E-state index contributed by atoms with van der Waals surface area (Å²) >= 11 is 2.05. The van der Waals surface area contributed by atoms with E-state index in [4.69, 9.17) is 5.10 Å². The van der Waals surface area contributed by atoms with Gasteiger partial charge in [-0.15, -0.1) is 0 Å². The maximum absolute atomic E-state index is 4.73. The SMILES string of the molecule is C1CCC(=NN2CCSCC2)CC1. The maximum Gasteiger partial charge on any atom is 0.0451 e. The molecule has 2 nitrogen and oxygen atoms in total. The van der Waals surface area contributed by atoms with Gasteiger partial charge in [-0.2, -0.15) is 16.9 Å². The normalized spacial score (nSPS) is 24.6. The van der Waals surface area contributed by atoms with Crippen molar-refractivity contribution in [2.75, 3.05) is 24.6 Å². The van der Waals surface area contributed by atoms with Crippen molar-refractivity contribution >= 4 is 17.5 Å². The minimum Gasteiger partial charge on any atom is -0.295 e. The lowest BCUT2D eigenvalue weighted by atomic mass is 9.99. The number of nitrogens with zero attached hydrogens (tertiary/aromatic N) is 2. The van der Waals surface area contributed by atoms with E-state index in [1.165, 1.54) is 49.3 Å². The van der Waals surface area contributed by atoms with E-state index in [1.54, 1.807) is 0 Å². The van der Waals surface area contributed by atoms with Gasteiger partial charge in [-0.3, -0.25) is 5.01 Å². The van der Waals surface area contributed by atoms with E-state index in [0.29, 0.717) is 0 Å². The second-order valence-electron chi connectivity index (χ2n) is 3.79. The van der Waals surface area contributed by atoms with Gasteiger partial charge >= 0.3 is 0 Å². The Bertz CT molecular complexity index is 177. The average Bonchev–Trinajstić information content (AvgIpc) is 2.21. The van der Waals surface area contributed by atoms with E-state index in [9.17, 15) is 0 Å². The van der Waals surface area contributed by atoms with E-state index < -0.39 is 0 Å². The zero-order valence-corrected chi connectivity index (χ0v) is 8.98. The zero-order valence-electron chi connectivity index (χ0n) is 8.17. The van der Waals surface area contributed by atoms with Crippen molar-refractivity contribution in [3.63, 3.8) is 0 Å². The molecular formula is C10H18N2S. The van der Waals surface area contributed by atoms with Gasteiger partial charge in [0.2, 0.25) is 0 Å². The van der Waals surface area contributed by atoms with Crippen LogP contribution in [0.4, 0.5) is 0 Å². The third kappa shape index (κ3) is 2.90. The fourth-order valence-electron chi connectivity index (χ4n) is 1.91. The predicted molar refractivity (Wildman–Crippen MR) is 59.4 cm³/mol. The lowest BCUT2D eigenvalue weighted by molar-refractivity contribution is 0.317. The lowest BCUT2D eigenvalue weighted by Crippen LogP contribution is -2.29. The van der Waals surface area contributed by atoms with Crippen LogP contribution in [0.3, 0.4) is 0 Å². The molecule has 1 aliphatic carbocycles. The highest BCUT2D eigenvalue weighted by Crippen LogP contribution is 2.17. The molecule has 0 aromatic heterocycles. The van der Waals surface area contributed by atoms with Crippen molar-refractivity contribution in [3.8, 4) is 0 Å². The first-order chi connectivity index (χ1) is 6.45. The molecule has 0 unspecified atom stereocenters. The number of rotatable bonds is 1. The fraction of sp³-hybridized carbons (Fsp3) is 0.900. The Morgan fingerprint density at radius 1 is 1.00 bits per heavy atom. The molecule has 1 saturated heterocycles. The zero-order chi connectivity index (χ0) is 8.93. The third-order valence-corrected chi connectivity index (χ3v) is 3.64. The molecule has 1 aliphatic heterocycles. The Hall–Kier alpha value is -0.180. The molecule has 0 radical (unpaired) electrons. The standard InChI is InChI=1S/C10H18N2S/c1-2-4-10(5-3-1)11-12-6-8-13-9-7-12/h1-9H2. The van der Waals surface area contributed by atoms with E-state index in [1.807, 2.05) is 11.8 Å². The van der Waals surface area contributed by atoms with Crippen molar-refractivity contribution in [2.24, 2.45) is 5.10 Å². The second-order valence-corrected chi connectivity index (χ2v) is 5.02. The molecule has 0 bridgehead atoms. The summed E-state index contributed by atoms with van der Waals surface area (Å²) in [5, 5.41) is 7.01. The Morgan fingerprint density at radius 3 is 2.38 bits per heavy atom. The summed E-state index contributed by atoms with van der Waals surface area (Å²) in [6, 6.07) is 0. The lowest BCUT2D eigenvalue weighted by Gasteiger charge is -2.25. The van der Waals surface area contributed by atoms with Crippen molar-refractivity contribution in [1.29, 1.82) is 0 Å². The molecule has 0 atom stereocenters. The van der Waals surface area contributed by atoms with Gasteiger partial charge in [-0.1, -0.05) is 6.42 Å². The van der Waals surface area contributed by atoms with Crippen LogP contribution in [0.1, 0.15) is 32.1 Å². The minimum atomic E-state index is 1.16. The van der Waals surface area contributed by atoms with Gasteiger partial charge < -0.3 is 0 Å². The Kier molecular flexibility index (Phi) is 3.53. The Balaban J connectivity index is 1.85. The summed E-state index contributed by atoms with van der Waals surface area (Å²) in [6.45, 7) is 2.32. The summed E-state index contributed by atoms with van der Waals surface area (Å²) < 4.78 is 0. The van der Waals surface area contributed by atoms with Crippen LogP contribution in [-0.2, 0) is 0 Å². The topological polar surface area (TPSA) is 15.6 Å². The minimum absolute atomic E-state index is 1.16. The smallest absolute Gasteiger partial charge is 0.0451 e. The average molecular weight is 198 g/mol. The molecule has 2 fully saturated rings. The molecule has 0 aromatic carbocycles. The molecule has 0 aromatic rings. The van der Waals surface area contributed by atoms with Gasteiger partial charge in [-0.05, 0) is 25.7 Å². The second kappa shape index (κ2) is 4.89. The van der Waals surface area contributed by atoms with E-state index in [2.05, 4.69) is 5.01 Å². The van der Waals surface area contributed by atoms with Gasteiger partial charge in [0.1, 0.15) is 0 Å². The highest BCUT2D eigenvalue weighted by molar-refractivity contribution is 7.99. The maximum atomic E-state index is 4.73.